The number of ether oxygens (including phenoxy) is 1. The molecule has 0 atom stereocenters. The summed E-state index contributed by atoms with van der Waals surface area (Å²) in [5, 5.41) is 8.35. The first kappa shape index (κ1) is 13.4. The predicted octanol–water partition coefficient (Wildman–Crippen LogP) is 2.82. The number of rotatable bonds is 3. The number of benzene rings is 1. The van der Waals surface area contributed by atoms with Crippen LogP contribution in [0.2, 0.25) is 0 Å². The van der Waals surface area contributed by atoms with Gasteiger partial charge in [-0.25, -0.2) is 0 Å². The quantitative estimate of drug-likeness (QED) is 0.802. The maximum absolute atomic E-state index is 5.95. The summed E-state index contributed by atoms with van der Waals surface area (Å²) < 4.78 is 7.83. The first-order valence-electron chi connectivity index (χ1n) is 6.85. The summed E-state index contributed by atoms with van der Waals surface area (Å²) in [6.45, 7) is 6.38. The maximum Gasteiger partial charge on any atom is 0.175 e. The first-order chi connectivity index (χ1) is 10.1. The summed E-state index contributed by atoms with van der Waals surface area (Å²) in [6, 6.07) is 9.85. The molecule has 108 valence electrons. The number of aryl methyl sites for hydroxylation is 3. The van der Waals surface area contributed by atoms with Crippen LogP contribution in [0, 0.1) is 20.8 Å². The van der Waals surface area contributed by atoms with Crippen LogP contribution in [-0.2, 0) is 6.61 Å². The van der Waals surface area contributed by atoms with E-state index < -0.39 is 0 Å². The van der Waals surface area contributed by atoms with E-state index in [9.17, 15) is 0 Å². The lowest BCUT2D eigenvalue weighted by atomic mass is 10.1. The zero-order chi connectivity index (χ0) is 15.0. The van der Waals surface area contributed by atoms with Crippen molar-refractivity contribution in [1.82, 2.24) is 14.6 Å². The van der Waals surface area contributed by atoms with Crippen molar-refractivity contribution in [2.45, 2.75) is 27.4 Å². The Hall–Kier alpha value is -2.56. The highest BCUT2D eigenvalue weighted by Gasteiger charge is 2.10. The second-order valence-corrected chi connectivity index (χ2v) is 5.24. The predicted molar refractivity (Wildman–Crippen MR) is 82.4 cm³/mol. The molecule has 0 saturated heterocycles. The summed E-state index contributed by atoms with van der Waals surface area (Å²) in [5.74, 6) is 1.61. The normalized spacial score (nSPS) is 11.0. The molecule has 2 heterocycles. The number of anilines is 1. The minimum atomic E-state index is 0.357. The molecule has 0 saturated carbocycles. The highest BCUT2D eigenvalue weighted by atomic mass is 16.5. The molecule has 5 nitrogen and oxygen atoms in total. The van der Waals surface area contributed by atoms with Crippen molar-refractivity contribution in [2.75, 3.05) is 5.73 Å². The Morgan fingerprint density at radius 2 is 1.90 bits per heavy atom. The molecule has 0 amide bonds. The number of aromatic nitrogens is 3. The van der Waals surface area contributed by atoms with Gasteiger partial charge in [0.15, 0.2) is 11.5 Å². The molecule has 3 rings (SSSR count). The van der Waals surface area contributed by atoms with Gasteiger partial charge in [0.25, 0.3) is 0 Å². The van der Waals surface area contributed by atoms with Crippen LogP contribution >= 0.6 is 0 Å². The number of hydrogen-bond donors (Lipinski definition) is 1. The van der Waals surface area contributed by atoms with Gasteiger partial charge >= 0.3 is 0 Å². The van der Waals surface area contributed by atoms with E-state index in [-0.39, 0.29) is 0 Å². The summed E-state index contributed by atoms with van der Waals surface area (Å²) >= 11 is 0. The third kappa shape index (κ3) is 2.42. The zero-order valence-electron chi connectivity index (χ0n) is 12.4. The summed E-state index contributed by atoms with van der Waals surface area (Å²) in [5.41, 5.74) is 10.6. The zero-order valence-corrected chi connectivity index (χ0v) is 12.4. The molecule has 3 aromatic rings. The molecule has 0 spiro atoms. The standard InChI is InChI=1S/C16H18N4O/c1-10-4-5-11(2)14(8-10)21-9-16-19-18-15-7-6-13(17)12(3)20(15)16/h4-8H,9,17H2,1-3H3. The molecule has 0 aliphatic carbocycles. The monoisotopic (exact) mass is 282 g/mol. The number of nitrogens with two attached hydrogens (primary N) is 1. The van der Waals surface area contributed by atoms with Gasteiger partial charge in [-0.05, 0) is 50.1 Å². The van der Waals surface area contributed by atoms with Gasteiger partial charge in [-0.1, -0.05) is 12.1 Å². The van der Waals surface area contributed by atoms with E-state index in [1.807, 2.05) is 43.4 Å². The van der Waals surface area contributed by atoms with E-state index in [0.29, 0.717) is 6.61 Å². The number of nitrogen functional groups attached to an aromatic ring is 1. The van der Waals surface area contributed by atoms with E-state index >= 15 is 0 Å². The van der Waals surface area contributed by atoms with E-state index in [1.165, 1.54) is 5.56 Å². The Bertz CT molecular complexity index is 807. The van der Waals surface area contributed by atoms with Crippen molar-refractivity contribution < 1.29 is 4.74 Å². The SMILES string of the molecule is Cc1ccc(C)c(OCc2nnc3ccc(N)c(C)n23)c1. The molecule has 0 aliphatic rings. The highest BCUT2D eigenvalue weighted by molar-refractivity contribution is 5.52. The third-order valence-electron chi connectivity index (χ3n) is 3.62. The van der Waals surface area contributed by atoms with E-state index in [1.54, 1.807) is 0 Å². The lowest BCUT2D eigenvalue weighted by Crippen LogP contribution is -2.06. The van der Waals surface area contributed by atoms with E-state index in [2.05, 4.69) is 22.3 Å². The van der Waals surface area contributed by atoms with Crippen molar-refractivity contribution in [3.8, 4) is 5.75 Å². The van der Waals surface area contributed by atoms with Crippen LogP contribution in [0.3, 0.4) is 0 Å². The Labute approximate surface area is 123 Å². The lowest BCUT2D eigenvalue weighted by Gasteiger charge is -2.10. The van der Waals surface area contributed by atoms with Crippen LogP contribution in [0.5, 0.6) is 5.75 Å². The molecule has 0 bridgehead atoms. The van der Waals surface area contributed by atoms with Crippen LogP contribution in [0.25, 0.3) is 5.65 Å². The van der Waals surface area contributed by atoms with Crippen molar-refractivity contribution in [3.05, 3.63) is 53.0 Å². The molecule has 1 aromatic carbocycles. The third-order valence-corrected chi connectivity index (χ3v) is 3.62. The number of nitrogens with zero attached hydrogens (tertiary/aromatic N) is 3. The van der Waals surface area contributed by atoms with E-state index in [0.717, 1.165) is 34.2 Å². The maximum atomic E-state index is 5.95. The first-order valence-corrected chi connectivity index (χ1v) is 6.85. The molecule has 0 fully saturated rings. The smallest absolute Gasteiger partial charge is 0.175 e. The van der Waals surface area contributed by atoms with Gasteiger partial charge in [0.05, 0.1) is 5.69 Å². The van der Waals surface area contributed by atoms with Gasteiger partial charge < -0.3 is 10.5 Å². The lowest BCUT2D eigenvalue weighted by molar-refractivity contribution is 0.292. The van der Waals surface area contributed by atoms with Crippen molar-refractivity contribution in [1.29, 1.82) is 0 Å². The van der Waals surface area contributed by atoms with Gasteiger partial charge in [0.2, 0.25) is 0 Å². The highest BCUT2D eigenvalue weighted by Crippen LogP contribution is 2.21. The van der Waals surface area contributed by atoms with Gasteiger partial charge in [0, 0.05) is 5.69 Å². The Balaban J connectivity index is 1.92. The minimum Gasteiger partial charge on any atom is -0.485 e. The molecular weight excluding hydrogens is 264 g/mol. The fourth-order valence-corrected chi connectivity index (χ4v) is 2.32. The largest absolute Gasteiger partial charge is 0.485 e. The van der Waals surface area contributed by atoms with E-state index in [4.69, 9.17) is 10.5 Å². The van der Waals surface area contributed by atoms with Crippen molar-refractivity contribution in [3.63, 3.8) is 0 Å². The summed E-state index contributed by atoms with van der Waals surface area (Å²) in [4.78, 5) is 0. The molecule has 21 heavy (non-hydrogen) atoms. The molecule has 2 N–H and O–H groups in total. The molecular formula is C16H18N4O. The fraction of sp³-hybridized carbons (Fsp3) is 0.250. The average Bonchev–Trinajstić information content (AvgIpc) is 2.88. The number of fused-ring (bicyclic) bond motifs is 1. The molecule has 2 aromatic heterocycles. The van der Waals surface area contributed by atoms with Crippen molar-refractivity contribution in [2.24, 2.45) is 0 Å². The summed E-state index contributed by atoms with van der Waals surface area (Å²) in [6.07, 6.45) is 0. The van der Waals surface area contributed by atoms with Crippen LogP contribution < -0.4 is 10.5 Å². The van der Waals surface area contributed by atoms with Crippen LogP contribution in [0.1, 0.15) is 22.6 Å². The Morgan fingerprint density at radius 3 is 2.71 bits per heavy atom. The molecule has 0 aliphatic heterocycles. The van der Waals surface area contributed by atoms with Crippen molar-refractivity contribution >= 4 is 11.3 Å². The van der Waals surface area contributed by atoms with Crippen LogP contribution in [0.15, 0.2) is 30.3 Å². The molecule has 0 unspecified atom stereocenters. The Kier molecular flexibility index (Phi) is 3.25. The second kappa shape index (κ2) is 5.09. The number of pyridine rings is 1. The van der Waals surface area contributed by atoms with Gasteiger partial charge in [-0.3, -0.25) is 4.40 Å². The average molecular weight is 282 g/mol. The number of hydrogen-bond acceptors (Lipinski definition) is 4. The Morgan fingerprint density at radius 1 is 1.10 bits per heavy atom. The molecule has 0 radical (unpaired) electrons. The topological polar surface area (TPSA) is 65.4 Å². The minimum absolute atomic E-state index is 0.357. The molecule has 5 heteroatoms. The van der Waals surface area contributed by atoms with Crippen LogP contribution in [-0.4, -0.2) is 14.6 Å². The summed E-state index contributed by atoms with van der Waals surface area (Å²) in [7, 11) is 0. The fourth-order valence-electron chi connectivity index (χ4n) is 2.32. The van der Waals surface area contributed by atoms with Gasteiger partial charge in [-0.2, -0.15) is 0 Å². The second-order valence-electron chi connectivity index (χ2n) is 5.24. The van der Waals surface area contributed by atoms with Gasteiger partial charge in [-0.15, -0.1) is 10.2 Å². The van der Waals surface area contributed by atoms with Crippen LogP contribution in [0.4, 0.5) is 5.69 Å². The van der Waals surface area contributed by atoms with Gasteiger partial charge in [0.1, 0.15) is 12.4 Å².